The van der Waals surface area contributed by atoms with Crippen LogP contribution >= 0.6 is 11.3 Å². The maximum atomic E-state index is 12.1. The number of thiophene rings is 1. The van der Waals surface area contributed by atoms with E-state index < -0.39 is 10.9 Å². The Morgan fingerprint density at radius 1 is 1.36 bits per heavy atom. The van der Waals surface area contributed by atoms with E-state index in [1.807, 2.05) is 17.5 Å². The minimum atomic E-state index is -0.702. The number of aromatic nitrogens is 1. The molecule has 0 aliphatic heterocycles. The Morgan fingerprint density at radius 2 is 2.20 bits per heavy atom. The fourth-order valence-corrected chi connectivity index (χ4v) is 2.77. The van der Waals surface area contributed by atoms with Gasteiger partial charge < -0.3 is 14.0 Å². The third kappa shape index (κ3) is 3.66. The van der Waals surface area contributed by atoms with Gasteiger partial charge in [-0.25, -0.2) is 4.79 Å². The molecular weight excluding hydrogens is 348 g/mol. The van der Waals surface area contributed by atoms with Crippen molar-refractivity contribution in [2.75, 3.05) is 7.11 Å². The van der Waals surface area contributed by atoms with Crippen LogP contribution in [0.2, 0.25) is 0 Å². The molecule has 25 heavy (non-hydrogen) atoms. The zero-order valence-corrected chi connectivity index (χ0v) is 13.8. The predicted molar refractivity (Wildman–Crippen MR) is 88.6 cm³/mol. The molecule has 0 amide bonds. The molecule has 0 unspecified atom stereocenters. The van der Waals surface area contributed by atoms with Gasteiger partial charge in [-0.1, -0.05) is 11.2 Å². The normalized spacial score (nSPS) is 10.4. The lowest BCUT2D eigenvalue weighted by atomic mass is 10.2. The number of benzene rings is 1. The van der Waals surface area contributed by atoms with E-state index in [0.717, 1.165) is 10.9 Å². The molecule has 3 aromatic rings. The molecule has 0 fully saturated rings. The summed E-state index contributed by atoms with van der Waals surface area (Å²) >= 11 is 1.50. The van der Waals surface area contributed by atoms with Crippen LogP contribution in [0.15, 0.2) is 46.3 Å². The third-order valence-corrected chi connectivity index (χ3v) is 4.17. The Kier molecular flexibility index (Phi) is 4.75. The van der Waals surface area contributed by atoms with E-state index >= 15 is 0 Å². The van der Waals surface area contributed by atoms with Crippen LogP contribution < -0.4 is 4.74 Å². The summed E-state index contributed by atoms with van der Waals surface area (Å²) in [4.78, 5) is 23.4. The summed E-state index contributed by atoms with van der Waals surface area (Å²) in [5, 5.41) is 16.8. The highest BCUT2D eigenvalue weighted by Gasteiger charge is 2.19. The van der Waals surface area contributed by atoms with Gasteiger partial charge in [0, 0.05) is 12.1 Å². The number of rotatable bonds is 6. The Morgan fingerprint density at radius 3 is 2.88 bits per heavy atom. The molecule has 9 heteroatoms. The standard InChI is InChI=1S/C16H12N2O6S/c1-22-13-5-4-10(7-12(13)18(20)21)16(19)23-9-11-8-14(24-17-11)15-3-2-6-25-15/h2-8H,9H2,1H3. The summed E-state index contributed by atoms with van der Waals surface area (Å²) in [6.07, 6.45) is 0. The fourth-order valence-electron chi connectivity index (χ4n) is 2.10. The van der Waals surface area contributed by atoms with Gasteiger partial charge in [0.15, 0.2) is 11.5 Å². The molecule has 0 spiro atoms. The summed E-state index contributed by atoms with van der Waals surface area (Å²) in [6, 6.07) is 9.31. The Labute approximate surface area is 145 Å². The van der Waals surface area contributed by atoms with E-state index in [2.05, 4.69) is 5.16 Å². The van der Waals surface area contributed by atoms with Crippen LogP contribution in [0.1, 0.15) is 16.1 Å². The van der Waals surface area contributed by atoms with Crippen LogP contribution in [0.3, 0.4) is 0 Å². The van der Waals surface area contributed by atoms with Crippen molar-refractivity contribution < 1.29 is 23.7 Å². The highest BCUT2D eigenvalue weighted by atomic mass is 32.1. The minimum Gasteiger partial charge on any atom is -0.490 e. The molecule has 0 radical (unpaired) electrons. The second kappa shape index (κ2) is 7.14. The lowest BCUT2D eigenvalue weighted by molar-refractivity contribution is -0.385. The van der Waals surface area contributed by atoms with Gasteiger partial charge in [-0.3, -0.25) is 10.1 Å². The van der Waals surface area contributed by atoms with E-state index in [0.29, 0.717) is 11.5 Å². The van der Waals surface area contributed by atoms with Crippen molar-refractivity contribution in [2.45, 2.75) is 6.61 Å². The summed E-state index contributed by atoms with van der Waals surface area (Å²) in [6.45, 7) is -0.104. The Balaban J connectivity index is 1.69. The SMILES string of the molecule is COc1ccc(C(=O)OCc2cc(-c3cccs3)on2)cc1[N+](=O)[O-]. The molecule has 0 aliphatic rings. The first kappa shape index (κ1) is 16.7. The predicted octanol–water partition coefficient (Wildman–Crippen LogP) is 3.68. The monoisotopic (exact) mass is 360 g/mol. The van der Waals surface area contributed by atoms with Gasteiger partial charge in [-0.05, 0) is 23.6 Å². The number of nitro benzene ring substituents is 1. The van der Waals surface area contributed by atoms with E-state index in [4.69, 9.17) is 14.0 Å². The van der Waals surface area contributed by atoms with Crippen molar-refractivity contribution in [3.8, 4) is 16.4 Å². The smallest absolute Gasteiger partial charge is 0.338 e. The summed E-state index contributed by atoms with van der Waals surface area (Å²) in [7, 11) is 1.32. The first-order valence-electron chi connectivity index (χ1n) is 7.07. The summed E-state index contributed by atoms with van der Waals surface area (Å²) < 4.78 is 15.2. The second-order valence-corrected chi connectivity index (χ2v) is 5.83. The molecule has 0 saturated carbocycles. The Bertz CT molecular complexity index is 903. The largest absolute Gasteiger partial charge is 0.490 e. The maximum absolute atomic E-state index is 12.1. The van der Waals surface area contributed by atoms with Crippen molar-refractivity contribution >= 4 is 23.0 Å². The Hall–Kier alpha value is -3.20. The molecule has 3 rings (SSSR count). The summed E-state index contributed by atoms with van der Waals surface area (Å²) in [5.41, 5.74) is 0.188. The first-order valence-corrected chi connectivity index (χ1v) is 7.95. The minimum absolute atomic E-state index is 0.0504. The molecule has 0 N–H and O–H groups in total. The van der Waals surface area contributed by atoms with Crippen molar-refractivity contribution in [1.82, 2.24) is 5.16 Å². The van der Waals surface area contributed by atoms with Crippen molar-refractivity contribution in [2.24, 2.45) is 0 Å². The van der Waals surface area contributed by atoms with Gasteiger partial charge >= 0.3 is 11.7 Å². The van der Waals surface area contributed by atoms with Crippen LogP contribution in [-0.4, -0.2) is 23.2 Å². The van der Waals surface area contributed by atoms with Gasteiger partial charge in [-0.15, -0.1) is 11.3 Å². The highest BCUT2D eigenvalue weighted by Crippen LogP contribution is 2.28. The third-order valence-electron chi connectivity index (χ3n) is 3.29. The van der Waals surface area contributed by atoms with Gasteiger partial charge in [0.05, 0.1) is 22.5 Å². The van der Waals surface area contributed by atoms with Crippen LogP contribution in [0, 0.1) is 10.1 Å². The van der Waals surface area contributed by atoms with E-state index in [1.54, 1.807) is 6.07 Å². The number of esters is 1. The number of carbonyl (C=O) groups is 1. The van der Waals surface area contributed by atoms with Crippen LogP contribution in [0.25, 0.3) is 10.6 Å². The zero-order chi connectivity index (χ0) is 17.8. The maximum Gasteiger partial charge on any atom is 0.338 e. The van der Waals surface area contributed by atoms with Gasteiger partial charge in [-0.2, -0.15) is 0 Å². The number of hydrogen-bond donors (Lipinski definition) is 0. The lowest BCUT2D eigenvalue weighted by Gasteiger charge is -2.05. The molecule has 0 bridgehead atoms. The number of hydrogen-bond acceptors (Lipinski definition) is 8. The number of nitro groups is 1. The highest BCUT2D eigenvalue weighted by molar-refractivity contribution is 7.13. The fraction of sp³-hybridized carbons (Fsp3) is 0.125. The first-order chi connectivity index (χ1) is 12.1. The lowest BCUT2D eigenvalue weighted by Crippen LogP contribution is -2.06. The van der Waals surface area contributed by atoms with E-state index in [-0.39, 0.29) is 23.6 Å². The molecule has 8 nitrogen and oxygen atoms in total. The van der Waals surface area contributed by atoms with Crippen LogP contribution in [-0.2, 0) is 11.3 Å². The number of methoxy groups -OCH3 is 1. The topological polar surface area (TPSA) is 105 Å². The second-order valence-electron chi connectivity index (χ2n) is 4.88. The van der Waals surface area contributed by atoms with Gasteiger partial charge in [0.1, 0.15) is 12.3 Å². The molecule has 0 saturated heterocycles. The van der Waals surface area contributed by atoms with Gasteiger partial charge in [0.2, 0.25) is 0 Å². The van der Waals surface area contributed by atoms with Gasteiger partial charge in [0.25, 0.3) is 0 Å². The molecular formula is C16H12N2O6S. The zero-order valence-electron chi connectivity index (χ0n) is 13.0. The van der Waals surface area contributed by atoms with Crippen molar-refractivity contribution in [3.05, 3.63) is 63.1 Å². The quantitative estimate of drug-likeness (QED) is 0.375. The van der Waals surface area contributed by atoms with E-state index in [1.165, 1.54) is 30.6 Å². The van der Waals surface area contributed by atoms with Crippen molar-refractivity contribution in [3.63, 3.8) is 0 Å². The number of carbonyl (C=O) groups excluding carboxylic acids is 1. The average Bonchev–Trinajstić information content (AvgIpc) is 3.30. The summed E-state index contributed by atoms with van der Waals surface area (Å²) in [5.74, 6) is -0.0498. The molecule has 2 aromatic heterocycles. The molecule has 2 heterocycles. The average molecular weight is 360 g/mol. The van der Waals surface area contributed by atoms with Crippen LogP contribution in [0.4, 0.5) is 5.69 Å². The number of nitrogens with zero attached hydrogens (tertiary/aromatic N) is 2. The molecule has 0 aliphatic carbocycles. The molecule has 1 aromatic carbocycles. The van der Waals surface area contributed by atoms with E-state index in [9.17, 15) is 14.9 Å². The molecule has 0 atom stereocenters. The molecule has 128 valence electrons. The van der Waals surface area contributed by atoms with Crippen molar-refractivity contribution in [1.29, 1.82) is 0 Å². The van der Waals surface area contributed by atoms with Crippen LogP contribution in [0.5, 0.6) is 5.75 Å². The number of ether oxygens (including phenoxy) is 2.